The molecule has 4 aromatic rings. The molecule has 10 aliphatic rings. The van der Waals surface area contributed by atoms with E-state index in [9.17, 15) is 14.4 Å². The number of sulfonamides is 2. The highest BCUT2D eigenvalue weighted by atomic mass is 33.1. The number of unbranched alkanes of at least 4 members (excludes halogenated alkanes) is 1. The Hall–Kier alpha value is -6.41. The summed E-state index contributed by atoms with van der Waals surface area (Å²) in [6.45, 7) is 3.97. The van der Waals surface area contributed by atoms with Crippen molar-refractivity contribution in [3.05, 3.63) is 120 Å². The van der Waals surface area contributed by atoms with Gasteiger partial charge in [-0.1, -0.05) is 101 Å². The third-order valence-corrected chi connectivity index (χ3v) is 28.5. The van der Waals surface area contributed by atoms with E-state index in [1.807, 2.05) is 6.92 Å². The van der Waals surface area contributed by atoms with E-state index < -0.39 is 125 Å². The minimum atomic E-state index is -4.87. The fourth-order valence-corrected chi connectivity index (χ4v) is 24.6. The maximum atomic E-state index is 16.5. The highest BCUT2D eigenvalue weighted by Gasteiger charge is 2.90. The van der Waals surface area contributed by atoms with Gasteiger partial charge >= 0.3 is 12.3 Å². The molecule has 0 aliphatic carbocycles. The number of carbonyl (C=O) groups is 7. The van der Waals surface area contributed by atoms with Gasteiger partial charge in [0.05, 0.1) is 65.0 Å². The smallest absolute Gasteiger partial charge is 0.435 e. The standard InChI is InChI=1S/C58H63N7O17S6/c1-5-29-77-32-33-78-31-28-59-44(66)27-17-18-30-80-52(72)82-37-58-50(70)63-46-54(35-56(63,84-86-58)48(68)61(58)4,41-24-14-16-26-43(41)65(46)88(75,76)39-21-11-8-12-22-39)53-34-55-47(67)60(3)57(85-83-55,36-81-51(71)79-6-2)49(69)62(55)45(53)64(42-25-15-13-23-40(42)53)87(73,74)38-19-9-7-10-20-38/h7-16,19-26,45-46H,5-6,17-18,27-37H2,1-4H3,(H,59,66)/t45-,46-,53-,54-,55-,56-,57-,58-/m0/s1. The molecule has 24 nitrogen and oxygen atoms in total. The zero-order valence-electron chi connectivity index (χ0n) is 48.2. The van der Waals surface area contributed by atoms with Gasteiger partial charge in [0.15, 0.2) is 9.74 Å². The van der Waals surface area contributed by atoms with Crippen molar-refractivity contribution in [2.45, 2.75) is 105 Å². The minimum Gasteiger partial charge on any atom is -0.435 e. The van der Waals surface area contributed by atoms with Gasteiger partial charge in [-0.15, -0.1) is 0 Å². The number of ether oxygens (including phenoxy) is 6. The summed E-state index contributed by atoms with van der Waals surface area (Å²) < 4.78 is 99.6. The second kappa shape index (κ2) is 23.1. The third kappa shape index (κ3) is 8.86. The second-order valence-electron chi connectivity index (χ2n) is 22.2. The lowest BCUT2D eigenvalue weighted by molar-refractivity contribution is -0.167. The normalized spacial score (nSPS) is 28.7. The largest absolute Gasteiger partial charge is 0.508 e. The van der Waals surface area contributed by atoms with E-state index >= 15 is 36.0 Å². The van der Waals surface area contributed by atoms with Gasteiger partial charge in [-0.3, -0.25) is 33.8 Å². The van der Waals surface area contributed by atoms with Crippen molar-refractivity contribution in [3.8, 4) is 0 Å². The van der Waals surface area contributed by atoms with Crippen LogP contribution in [-0.2, 0) is 83.3 Å². The predicted octanol–water partition coefficient (Wildman–Crippen LogP) is 5.97. The molecular weight excluding hydrogens is 1260 g/mol. The quantitative estimate of drug-likeness (QED) is 0.0508. The number of piperazine rings is 2. The van der Waals surface area contributed by atoms with Crippen molar-refractivity contribution < 1.29 is 78.8 Å². The number of hydrogen-bond acceptors (Lipinski definition) is 21. The van der Waals surface area contributed by atoms with Gasteiger partial charge < -0.3 is 43.5 Å². The zero-order chi connectivity index (χ0) is 62.2. The highest BCUT2D eigenvalue weighted by molar-refractivity contribution is 8.78. The Morgan fingerprint density at radius 2 is 0.977 bits per heavy atom. The van der Waals surface area contributed by atoms with Gasteiger partial charge in [0.25, 0.3) is 43.7 Å². The summed E-state index contributed by atoms with van der Waals surface area (Å²) in [5.74, 6) is -3.22. The van der Waals surface area contributed by atoms with E-state index in [1.165, 1.54) is 82.2 Å². The van der Waals surface area contributed by atoms with Gasteiger partial charge in [-0.2, -0.15) is 0 Å². The Morgan fingerprint density at radius 3 is 1.44 bits per heavy atom. The molecule has 0 radical (unpaired) electrons. The fraction of sp³-hybridized carbons (Fsp3) is 0.466. The predicted molar refractivity (Wildman–Crippen MR) is 325 cm³/mol. The second-order valence-corrected chi connectivity index (χ2v) is 31.2. The van der Waals surface area contributed by atoms with Crippen LogP contribution in [0.1, 0.15) is 63.5 Å². The summed E-state index contributed by atoms with van der Waals surface area (Å²) in [5.41, 5.74) is -3.34. The minimum absolute atomic E-state index is 0.0701. The SMILES string of the molecule is CCCOCCOCCNC(=O)CCCCOC(=O)OC[C@]12SS[C@@]3(C[C@]4([C@]56C[C@@]78SS[C@@](COC(=O)OCC)(C(=O)N7[C@H]5N(S(=O)(=O)c5ccccc5)c5ccccc56)N(C)C8=O)c5ccccc5N(S(=O)(=O)c5ccccc5)[C@@H]4N3C1=O)C(=O)N2C. The number of amides is 5. The van der Waals surface area contributed by atoms with Crippen molar-refractivity contribution in [2.24, 2.45) is 0 Å². The maximum absolute atomic E-state index is 16.5. The number of anilines is 2. The number of nitrogens with zero attached hydrogens (tertiary/aromatic N) is 6. The topological polar surface area (TPSA) is 275 Å². The van der Waals surface area contributed by atoms with Gasteiger partial charge in [0.1, 0.15) is 25.5 Å². The molecule has 468 valence electrons. The number of hydrogen-bond donors (Lipinski definition) is 1. The van der Waals surface area contributed by atoms with Crippen molar-refractivity contribution in [1.29, 1.82) is 0 Å². The number of nitrogens with one attached hydrogen (secondary N) is 1. The van der Waals surface area contributed by atoms with E-state index in [0.29, 0.717) is 39.4 Å². The average molecular weight is 1320 g/mol. The third-order valence-electron chi connectivity index (χ3n) is 17.7. The summed E-state index contributed by atoms with van der Waals surface area (Å²) in [5, 5.41) is 2.78. The van der Waals surface area contributed by atoms with E-state index in [1.54, 1.807) is 67.6 Å². The first-order chi connectivity index (χ1) is 42.2. The molecule has 8 atom stereocenters. The number of carbonyl (C=O) groups excluding carboxylic acids is 7. The summed E-state index contributed by atoms with van der Waals surface area (Å²) in [4.78, 5) is 100. The molecular formula is C58H63N7O17S6. The Morgan fingerprint density at radius 1 is 0.534 bits per heavy atom. The van der Waals surface area contributed by atoms with E-state index in [0.717, 1.165) is 58.2 Å². The Balaban J connectivity index is 0.966. The molecule has 2 spiro atoms. The summed E-state index contributed by atoms with van der Waals surface area (Å²) in [6.07, 6.45) is -5.07. The lowest BCUT2D eigenvalue weighted by Crippen LogP contribution is -2.78. The summed E-state index contributed by atoms with van der Waals surface area (Å²) in [6, 6.07) is 28.1. The van der Waals surface area contributed by atoms with Crippen LogP contribution in [0.4, 0.5) is 21.0 Å². The molecule has 30 heteroatoms. The number of para-hydroxylation sites is 2. The number of rotatable bonds is 23. The van der Waals surface area contributed by atoms with Crippen LogP contribution in [0, 0.1) is 0 Å². The van der Waals surface area contributed by atoms with Crippen molar-refractivity contribution >= 4 is 116 Å². The van der Waals surface area contributed by atoms with Crippen LogP contribution < -0.4 is 13.9 Å². The molecule has 0 saturated carbocycles. The summed E-state index contributed by atoms with van der Waals surface area (Å²) >= 11 is 0. The lowest BCUT2D eigenvalue weighted by Gasteiger charge is -2.58. The molecule has 4 bridgehead atoms. The molecule has 0 unspecified atom stereocenters. The average Bonchev–Trinajstić information content (AvgIpc) is 1.44. The molecule has 1 N–H and O–H groups in total. The van der Waals surface area contributed by atoms with Crippen molar-refractivity contribution in [1.82, 2.24) is 24.9 Å². The van der Waals surface area contributed by atoms with Gasteiger partial charge in [-0.05, 0) is 95.3 Å². The Kier molecular flexibility index (Phi) is 16.2. The number of benzene rings is 4. The molecule has 8 fully saturated rings. The van der Waals surface area contributed by atoms with Crippen molar-refractivity contribution in [3.63, 3.8) is 0 Å². The monoisotopic (exact) mass is 1320 g/mol. The van der Waals surface area contributed by atoms with Crippen LogP contribution in [0.2, 0.25) is 0 Å². The van der Waals surface area contributed by atoms with Crippen LogP contribution in [0.5, 0.6) is 0 Å². The van der Waals surface area contributed by atoms with Gasteiger partial charge in [0, 0.05) is 46.5 Å². The first-order valence-electron chi connectivity index (χ1n) is 28.6. The summed E-state index contributed by atoms with van der Waals surface area (Å²) in [7, 11) is -3.09. The van der Waals surface area contributed by atoms with Crippen LogP contribution >= 0.6 is 43.2 Å². The Labute approximate surface area is 524 Å². The molecule has 5 amide bonds. The first kappa shape index (κ1) is 61.8. The molecule has 14 rings (SSSR count). The molecule has 10 heterocycles. The Bertz CT molecular complexity index is 3730. The van der Waals surface area contributed by atoms with E-state index in [-0.39, 0.29) is 64.3 Å². The van der Waals surface area contributed by atoms with Gasteiger partial charge in [-0.25, -0.2) is 35.0 Å². The number of likely N-dealkylation sites (N-methyl/N-ethyl adjacent to an activating group) is 2. The van der Waals surface area contributed by atoms with Crippen LogP contribution in [0.25, 0.3) is 0 Å². The first-order valence-corrected chi connectivity index (χ1v) is 35.8. The van der Waals surface area contributed by atoms with Crippen LogP contribution in [0.15, 0.2) is 119 Å². The number of fused-ring (bicyclic) bond motifs is 11. The highest BCUT2D eigenvalue weighted by Crippen LogP contribution is 2.80. The van der Waals surface area contributed by atoms with Crippen LogP contribution in [0.3, 0.4) is 0 Å². The molecule has 4 aromatic carbocycles. The van der Waals surface area contributed by atoms with E-state index in [4.69, 9.17) is 28.4 Å². The molecule has 8 saturated heterocycles. The molecule has 88 heavy (non-hydrogen) atoms. The maximum Gasteiger partial charge on any atom is 0.508 e. The van der Waals surface area contributed by atoms with Gasteiger partial charge in [0.2, 0.25) is 15.6 Å². The molecule has 10 aliphatic heterocycles. The zero-order valence-corrected chi connectivity index (χ0v) is 53.1. The fourth-order valence-electron chi connectivity index (χ4n) is 13.9. The van der Waals surface area contributed by atoms with Crippen molar-refractivity contribution in [2.75, 3.05) is 82.1 Å². The lowest BCUT2D eigenvalue weighted by atomic mass is 9.54. The van der Waals surface area contributed by atoms with E-state index in [2.05, 4.69) is 5.32 Å². The van der Waals surface area contributed by atoms with Crippen LogP contribution in [-0.4, -0.2) is 184 Å². The molecule has 0 aromatic heterocycles.